The zero-order valence-corrected chi connectivity index (χ0v) is 16.3. The molecule has 3 aromatic rings. The van der Waals surface area contributed by atoms with Crippen LogP contribution >= 0.6 is 22.7 Å². The number of carbonyl (C=O) groups is 1. The molecule has 4 nitrogen and oxygen atoms in total. The Bertz CT molecular complexity index is 838. The fourth-order valence-corrected chi connectivity index (χ4v) is 4.21. The lowest BCUT2D eigenvalue weighted by Gasteiger charge is -2.10. The molecule has 1 aromatic carbocycles. The quantitative estimate of drug-likeness (QED) is 0.622. The van der Waals surface area contributed by atoms with Crippen LogP contribution in [-0.4, -0.2) is 17.1 Å². The van der Waals surface area contributed by atoms with Crippen molar-refractivity contribution in [2.45, 2.75) is 32.6 Å². The van der Waals surface area contributed by atoms with Crippen LogP contribution in [0.3, 0.4) is 0 Å². The van der Waals surface area contributed by atoms with Crippen molar-refractivity contribution in [1.82, 2.24) is 5.32 Å². The minimum absolute atomic E-state index is 0.104. The Morgan fingerprint density at radius 3 is 2.54 bits per heavy atom. The first-order valence-corrected chi connectivity index (χ1v) is 10.1. The number of nitrogens with one attached hydrogen (secondary N) is 1. The van der Waals surface area contributed by atoms with E-state index in [1.54, 1.807) is 24.3 Å². The Labute approximate surface area is 161 Å². The second-order valence-corrected chi connectivity index (χ2v) is 8.27. The summed E-state index contributed by atoms with van der Waals surface area (Å²) in [6.45, 7) is 4.36. The van der Waals surface area contributed by atoms with E-state index in [2.05, 4.69) is 5.32 Å². The predicted molar refractivity (Wildman–Crippen MR) is 106 cm³/mol. The van der Waals surface area contributed by atoms with E-state index in [1.165, 1.54) is 22.7 Å². The number of aliphatic hydroxyl groups excluding tert-OH is 1. The van der Waals surface area contributed by atoms with E-state index in [0.717, 1.165) is 20.4 Å². The van der Waals surface area contributed by atoms with Crippen LogP contribution in [0.4, 0.5) is 0 Å². The van der Waals surface area contributed by atoms with Crippen LogP contribution in [0, 0.1) is 0 Å². The van der Waals surface area contributed by atoms with Crippen LogP contribution in [0.1, 0.15) is 44.9 Å². The number of ether oxygens (including phenoxy) is 1. The molecule has 0 saturated carbocycles. The fourth-order valence-electron chi connectivity index (χ4n) is 2.45. The van der Waals surface area contributed by atoms with Gasteiger partial charge in [0.25, 0.3) is 5.91 Å². The topological polar surface area (TPSA) is 58.6 Å². The SMILES string of the molecule is CC(C)Oc1ccc(C(=O)NCc2ccc([C@@H](O)c3cccs3)s2)cc1. The minimum Gasteiger partial charge on any atom is -0.491 e. The Kier molecular flexibility index (Phi) is 6.08. The molecule has 6 heteroatoms. The van der Waals surface area contributed by atoms with Gasteiger partial charge in [0.2, 0.25) is 0 Å². The third-order valence-electron chi connectivity index (χ3n) is 3.68. The predicted octanol–water partition coefficient (Wildman–Crippen LogP) is 4.61. The van der Waals surface area contributed by atoms with Gasteiger partial charge >= 0.3 is 0 Å². The second-order valence-electron chi connectivity index (χ2n) is 6.10. The highest BCUT2D eigenvalue weighted by Gasteiger charge is 2.14. The smallest absolute Gasteiger partial charge is 0.251 e. The molecular weight excluding hydrogens is 366 g/mol. The van der Waals surface area contributed by atoms with Crippen molar-refractivity contribution < 1.29 is 14.6 Å². The average molecular weight is 388 g/mol. The molecule has 2 aromatic heterocycles. The normalized spacial score (nSPS) is 12.2. The number of hydrogen-bond acceptors (Lipinski definition) is 5. The molecule has 136 valence electrons. The molecule has 3 rings (SSSR count). The van der Waals surface area contributed by atoms with Gasteiger partial charge in [0.1, 0.15) is 11.9 Å². The molecule has 1 atom stereocenters. The maximum absolute atomic E-state index is 12.3. The summed E-state index contributed by atoms with van der Waals surface area (Å²) >= 11 is 3.04. The highest BCUT2D eigenvalue weighted by atomic mass is 32.1. The monoisotopic (exact) mass is 387 g/mol. The number of carbonyl (C=O) groups excluding carboxylic acids is 1. The second kappa shape index (κ2) is 8.49. The van der Waals surface area contributed by atoms with Gasteiger partial charge in [0.05, 0.1) is 12.6 Å². The van der Waals surface area contributed by atoms with E-state index in [9.17, 15) is 9.90 Å². The van der Waals surface area contributed by atoms with Gasteiger partial charge in [-0.2, -0.15) is 0 Å². The number of hydrogen-bond donors (Lipinski definition) is 2. The molecule has 0 bridgehead atoms. The lowest BCUT2D eigenvalue weighted by Crippen LogP contribution is -2.22. The Morgan fingerprint density at radius 1 is 1.12 bits per heavy atom. The maximum atomic E-state index is 12.3. The molecule has 0 unspecified atom stereocenters. The summed E-state index contributed by atoms with van der Waals surface area (Å²) < 4.78 is 5.58. The molecule has 0 radical (unpaired) electrons. The highest BCUT2D eigenvalue weighted by molar-refractivity contribution is 7.12. The summed E-state index contributed by atoms with van der Waals surface area (Å²) in [5, 5.41) is 15.2. The van der Waals surface area contributed by atoms with E-state index < -0.39 is 6.10 Å². The lowest BCUT2D eigenvalue weighted by molar-refractivity contribution is 0.0951. The van der Waals surface area contributed by atoms with E-state index in [4.69, 9.17) is 4.74 Å². The van der Waals surface area contributed by atoms with E-state index in [1.807, 2.05) is 43.5 Å². The van der Waals surface area contributed by atoms with Gasteiger partial charge in [0, 0.05) is 20.2 Å². The van der Waals surface area contributed by atoms with Crippen LogP contribution in [0.2, 0.25) is 0 Å². The Hall–Kier alpha value is -2.15. The first-order chi connectivity index (χ1) is 12.5. The van der Waals surface area contributed by atoms with Crippen LogP contribution in [0.25, 0.3) is 0 Å². The zero-order valence-electron chi connectivity index (χ0n) is 14.6. The third-order valence-corrected chi connectivity index (χ3v) is 5.74. The van der Waals surface area contributed by atoms with Crippen molar-refractivity contribution in [2.75, 3.05) is 0 Å². The van der Waals surface area contributed by atoms with Crippen LogP contribution in [-0.2, 0) is 6.54 Å². The van der Waals surface area contributed by atoms with E-state index in [-0.39, 0.29) is 12.0 Å². The molecule has 2 heterocycles. The van der Waals surface area contributed by atoms with Crippen molar-refractivity contribution in [3.63, 3.8) is 0 Å². The number of aliphatic hydroxyl groups is 1. The van der Waals surface area contributed by atoms with Gasteiger partial charge in [-0.15, -0.1) is 22.7 Å². The third kappa shape index (κ3) is 4.72. The number of thiophene rings is 2. The summed E-state index contributed by atoms with van der Waals surface area (Å²) in [4.78, 5) is 15.1. The van der Waals surface area contributed by atoms with Crippen molar-refractivity contribution in [1.29, 1.82) is 0 Å². The molecule has 26 heavy (non-hydrogen) atoms. The molecule has 0 fully saturated rings. The molecule has 2 N–H and O–H groups in total. The first-order valence-electron chi connectivity index (χ1n) is 8.38. The lowest BCUT2D eigenvalue weighted by atomic mass is 10.2. The number of benzene rings is 1. The van der Waals surface area contributed by atoms with E-state index in [0.29, 0.717) is 12.1 Å². The summed E-state index contributed by atoms with van der Waals surface area (Å²) in [6.07, 6.45) is -0.495. The maximum Gasteiger partial charge on any atom is 0.251 e. The van der Waals surface area contributed by atoms with Gasteiger partial charge in [0.15, 0.2) is 0 Å². The summed E-state index contributed by atoms with van der Waals surface area (Å²) in [6, 6.07) is 14.8. The summed E-state index contributed by atoms with van der Waals surface area (Å²) in [5.41, 5.74) is 0.594. The van der Waals surface area contributed by atoms with Gasteiger partial charge in [-0.05, 0) is 61.7 Å². The standard InChI is InChI=1S/C20H21NO3S2/c1-13(2)24-15-7-5-14(6-8-15)20(23)21-12-16-9-10-18(26-16)19(22)17-4-3-11-25-17/h3-11,13,19,22H,12H2,1-2H3,(H,21,23)/t19-/m0/s1. The molecule has 0 aliphatic heterocycles. The van der Waals surface area contributed by atoms with Gasteiger partial charge in [-0.3, -0.25) is 4.79 Å². The number of amides is 1. The molecule has 0 aliphatic rings. The Balaban J connectivity index is 1.56. The average Bonchev–Trinajstić information content (AvgIpc) is 3.31. The molecule has 0 aliphatic carbocycles. The van der Waals surface area contributed by atoms with Crippen molar-refractivity contribution in [3.8, 4) is 5.75 Å². The largest absolute Gasteiger partial charge is 0.491 e. The highest BCUT2D eigenvalue weighted by Crippen LogP contribution is 2.30. The van der Waals surface area contributed by atoms with Crippen LogP contribution < -0.4 is 10.1 Å². The van der Waals surface area contributed by atoms with Crippen LogP contribution in [0.15, 0.2) is 53.9 Å². The summed E-state index contributed by atoms with van der Waals surface area (Å²) in [5.74, 6) is 0.622. The molecule has 0 spiro atoms. The zero-order chi connectivity index (χ0) is 18.5. The van der Waals surface area contributed by atoms with Crippen LogP contribution in [0.5, 0.6) is 5.75 Å². The van der Waals surface area contributed by atoms with Gasteiger partial charge < -0.3 is 15.2 Å². The van der Waals surface area contributed by atoms with Crippen molar-refractivity contribution >= 4 is 28.6 Å². The van der Waals surface area contributed by atoms with Crippen molar-refractivity contribution in [3.05, 3.63) is 74.1 Å². The fraction of sp³-hybridized carbons (Fsp3) is 0.250. The van der Waals surface area contributed by atoms with Gasteiger partial charge in [-0.1, -0.05) is 6.07 Å². The summed E-state index contributed by atoms with van der Waals surface area (Å²) in [7, 11) is 0. The van der Waals surface area contributed by atoms with Crippen molar-refractivity contribution in [2.24, 2.45) is 0 Å². The minimum atomic E-state index is -0.599. The van der Waals surface area contributed by atoms with E-state index >= 15 is 0 Å². The first kappa shape index (κ1) is 18.6. The molecule has 0 saturated heterocycles. The Morgan fingerprint density at radius 2 is 1.88 bits per heavy atom. The number of rotatable bonds is 7. The molecule has 1 amide bonds. The molecular formula is C20H21NO3S2. The van der Waals surface area contributed by atoms with Gasteiger partial charge in [-0.25, -0.2) is 0 Å².